The summed E-state index contributed by atoms with van der Waals surface area (Å²) in [5.74, 6) is 0.809. The average Bonchev–Trinajstić information content (AvgIpc) is 2.90. The van der Waals surface area contributed by atoms with Crippen molar-refractivity contribution in [3.05, 3.63) is 22.4 Å². The summed E-state index contributed by atoms with van der Waals surface area (Å²) in [6.45, 7) is 1.01. The van der Waals surface area contributed by atoms with Gasteiger partial charge in [-0.05, 0) is 30.2 Å². The Hall–Kier alpha value is -0.670. The average molecular weight is 224 g/mol. The monoisotopic (exact) mass is 224 g/mol. The van der Waals surface area contributed by atoms with E-state index in [1.165, 1.54) is 37.0 Å². The molecular weight excluding hydrogens is 208 g/mol. The van der Waals surface area contributed by atoms with Gasteiger partial charge in [0.15, 0.2) is 5.78 Å². The van der Waals surface area contributed by atoms with Gasteiger partial charge in [-0.3, -0.25) is 4.79 Å². The van der Waals surface area contributed by atoms with Gasteiger partial charge < -0.3 is 4.74 Å². The molecule has 0 aliphatic heterocycles. The van der Waals surface area contributed by atoms with Crippen LogP contribution in [0.5, 0.6) is 0 Å². The first kappa shape index (κ1) is 10.8. The molecule has 1 aliphatic carbocycles. The van der Waals surface area contributed by atoms with Crippen LogP contribution in [0.1, 0.15) is 35.4 Å². The first-order valence-electron chi connectivity index (χ1n) is 5.50. The van der Waals surface area contributed by atoms with Crippen molar-refractivity contribution in [3.8, 4) is 0 Å². The Morgan fingerprint density at radius 2 is 2.27 bits per heavy atom. The summed E-state index contributed by atoms with van der Waals surface area (Å²) in [7, 11) is 0. The molecule has 2 nitrogen and oxygen atoms in total. The predicted octanol–water partition coefficient (Wildman–Crippen LogP) is 3.14. The Morgan fingerprint density at radius 3 is 2.93 bits per heavy atom. The molecule has 0 radical (unpaired) electrons. The maximum atomic E-state index is 11.6. The smallest absolute Gasteiger partial charge is 0.198 e. The van der Waals surface area contributed by atoms with Crippen LogP contribution in [-0.2, 0) is 4.74 Å². The minimum Gasteiger partial charge on any atom is -0.373 e. The largest absolute Gasteiger partial charge is 0.373 e. The topological polar surface area (TPSA) is 26.3 Å². The van der Waals surface area contributed by atoms with E-state index in [9.17, 15) is 4.79 Å². The first-order chi connectivity index (χ1) is 7.36. The lowest BCUT2D eigenvalue weighted by molar-refractivity contribution is 0.0685. The van der Waals surface area contributed by atoms with E-state index < -0.39 is 0 Å². The molecule has 15 heavy (non-hydrogen) atoms. The van der Waals surface area contributed by atoms with E-state index in [4.69, 9.17) is 4.74 Å². The number of ketones is 1. The summed E-state index contributed by atoms with van der Waals surface area (Å²) < 4.78 is 5.46. The van der Waals surface area contributed by atoms with Crippen LogP contribution in [-0.4, -0.2) is 19.0 Å². The number of ether oxygens (including phenoxy) is 1. The van der Waals surface area contributed by atoms with E-state index in [0.717, 1.165) is 11.5 Å². The summed E-state index contributed by atoms with van der Waals surface area (Å²) in [6, 6.07) is 3.75. The maximum absolute atomic E-state index is 11.6. The fraction of sp³-hybridized carbons (Fsp3) is 0.583. The molecule has 0 spiro atoms. The van der Waals surface area contributed by atoms with Crippen LogP contribution in [0.15, 0.2) is 17.5 Å². The van der Waals surface area contributed by atoms with E-state index in [2.05, 4.69) is 0 Å². The van der Waals surface area contributed by atoms with E-state index in [0.29, 0.717) is 5.92 Å². The molecule has 1 fully saturated rings. The number of hydrogen-bond donors (Lipinski definition) is 0. The van der Waals surface area contributed by atoms with Crippen molar-refractivity contribution in [2.24, 2.45) is 5.92 Å². The molecule has 1 aromatic rings. The van der Waals surface area contributed by atoms with E-state index >= 15 is 0 Å². The van der Waals surface area contributed by atoms with Gasteiger partial charge in [-0.15, -0.1) is 11.3 Å². The third kappa shape index (κ3) is 3.14. The summed E-state index contributed by atoms with van der Waals surface area (Å²) in [6.07, 6.45) is 5.19. The van der Waals surface area contributed by atoms with Crippen LogP contribution >= 0.6 is 11.3 Å². The number of carbonyl (C=O) groups excluding carboxylic acids is 1. The van der Waals surface area contributed by atoms with Gasteiger partial charge in [0.05, 0.1) is 11.5 Å². The summed E-state index contributed by atoms with van der Waals surface area (Å²) in [5, 5.41) is 1.92. The highest BCUT2D eigenvalue weighted by Gasteiger charge is 2.15. The highest BCUT2D eigenvalue weighted by molar-refractivity contribution is 7.12. The minimum atomic E-state index is 0.114. The molecule has 1 saturated carbocycles. The molecule has 0 aromatic carbocycles. The summed E-state index contributed by atoms with van der Waals surface area (Å²) in [5.41, 5.74) is 0. The molecule has 0 amide bonds. The van der Waals surface area contributed by atoms with Crippen molar-refractivity contribution in [1.82, 2.24) is 0 Å². The van der Waals surface area contributed by atoms with Crippen molar-refractivity contribution in [1.29, 1.82) is 0 Å². The molecule has 1 heterocycles. The van der Waals surface area contributed by atoms with Gasteiger partial charge in [0.2, 0.25) is 0 Å². The number of hydrogen-bond acceptors (Lipinski definition) is 3. The Morgan fingerprint density at radius 1 is 1.47 bits per heavy atom. The van der Waals surface area contributed by atoms with Crippen LogP contribution in [0.3, 0.4) is 0 Å². The molecule has 0 N–H and O–H groups in total. The molecule has 0 unspecified atom stereocenters. The second kappa shape index (κ2) is 5.42. The molecule has 82 valence electrons. The fourth-order valence-corrected chi connectivity index (χ4v) is 2.65. The molecule has 3 heteroatoms. The van der Waals surface area contributed by atoms with Gasteiger partial charge in [-0.1, -0.05) is 18.9 Å². The van der Waals surface area contributed by atoms with Crippen LogP contribution in [0, 0.1) is 5.92 Å². The highest BCUT2D eigenvalue weighted by Crippen LogP contribution is 2.24. The second-order valence-corrected chi connectivity index (χ2v) is 5.01. The van der Waals surface area contributed by atoms with E-state index in [1.54, 1.807) is 0 Å². The SMILES string of the molecule is O=C(COCC1CCCC1)c1cccs1. The Kier molecular flexibility index (Phi) is 3.92. The lowest BCUT2D eigenvalue weighted by Gasteiger charge is -2.08. The van der Waals surface area contributed by atoms with Crippen LogP contribution in [0.25, 0.3) is 0 Å². The van der Waals surface area contributed by atoms with Gasteiger partial charge in [0.25, 0.3) is 0 Å². The molecule has 0 saturated heterocycles. The molecule has 2 rings (SSSR count). The lowest BCUT2D eigenvalue weighted by Crippen LogP contribution is -2.12. The molecule has 0 atom stereocenters. The Labute approximate surface area is 94.3 Å². The normalized spacial score (nSPS) is 17.1. The second-order valence-electron chi connectivity index (χ2n) is 4.07. The number of carbonyl (C=O) groups is 1. The van der Waals surface area contributed by atoms with Crippen molar-refractivity contribution in [3.63, 3.8) is 0 Å². The third-order valence-corrected chi connectivity index (χ3v) is 3.77. The van der Waals surface area contributed by atoms with Crippen LogP contribution < -0.4 is 0 Å². The molecular formula is C12H16O2S. The standard InChI is InChI=1S/C12H16O2S/c13-11(12-6-3-7-15-12)9-14-8-10-4-1-2-5-10/h3,6-7,10H,1-2,4-5,8-9H2. The number of Topliss-reactive ketones (excluding diaryl/α,β-unsaturated/α-hetero) is 1. The van der Waals surface area contributed by atoms with Crippen molar-refractivity contribution in [2.45, 2.75) is 25.7 Å². The summed E-state index contributed by atoms with van der Waals surface area (Å²) in [4.78, 5) is 12.4. The van der Waals surface area contributed by atoms with Gasteiger partial charge in [-0.25, -0.2) is 0 Å². The quantitative estimate of drug-likeness (QED) is 0.718. The number of rotatable bonds is 5. The summed E-state index contributed by atoms with van der Waals surface area (Å²) >= 11 is 1.48. The zero-order chi connectivity index (χ0) is 10.5. The maximum Gasteiger partial charge on any atom is 0.198 e. The van der Waals surface area contributed by atoms with Crippen LogP contribution in [0.4, 0.5) is 0 Å². The highest BCUT2D eigenvalue weighted by atomic mass is 32.1. The van der Waals surface area contributed by atoms with Gasteiger partial charge in [0, 0.05) is 0 Å². The Balaban J connectivity index is 1.67. The van der Waals surface area contributed by atoms with Crippen molar-refractivity contribution in [2.75, 3.05) is 13.2 Å². The fourth-order valence-electron chi connectivity index (χ4n) is 2.00. The van der Waals surface area contributed by atoms with Gasteiger partial charge >= 0.3 is 0 Å². The zero-order valence-corrected chi connectivity index (χ0v) is 9.59. The predicted molar refractivity (Wildman–Crippen MR) is 61.4 cm³/mol. The van der Waals surface area contributed by atoms with Crippen molar-refractivity contribution >= 4 is 17.1 Å². The minimum absolute atomic E-state index is 0.114. The Bertz CT molecular complexity index is 299. The molecule has 1 aliphatic rings. The zero-order valence-electron chi connectivity index (χ0n) is 8.78. The first-order valence-corrected chi connectivity index (χ1v) is 6.38. The number of thiophene rings is 1. The lowest BCUT2D eigenvalue weighted by atomic mass is 10.1. The van der Waals surface area contributed by atoms with Crippen molar-refractivity contribution < 1.29 is 9.53 Å². The van der Waals surface area contributed by atoms with E-state index in [-0.39, 0.29) is 12.4 Å². The van der Waals surface area contributed by atoms with Gasteiger partial charge in [-0.2, -0.15) is 0 Å². The molecule has 1 aromatic heterocycles. The van der Waals surface area contributed by atoms with Gasteiger partial charge in [0.1, 0.15) is 6.61 Å². The third-order valence-electron chi connectivity index (χ3n) is 2.86. The van der Waals surface area contributed by atoms with E-state index in [1.807, 2.05) is 17.5 Å². The van der Waals surface area contributed by atoms with Crippen LogP contribution in [0.2, 0.25) is 0 Å². The molecule has 0 bridgehead atoms.